The second kappa shape index (κ2) is 7.76. The van der Waals surface area contributed by atoms with Crippen molar-refractivity contribution in [2.75, 3.05) is 17.6 Å². The minimum atomic E-state index is -0.340. The molecule has 6 nitrogen and oxygen atoms in total. The number of thioether (sulfide) groups is 1. The van der Waals surface area contributed by atoms with Gasteiger partial charge in [-0.15, -0.1) is 10.2 Å². The average Bonchev–Trinajstić information content (AvgIpc) is 3.16. The molecule has 1 aliphatic rings. The number of nitrogens with zero attached hydrogens (tertiary/aromatic N) is 3. The van der Waals surface area contributed by atoms with Crippen LogP contribution in [-0.2, 0) is 16.1 Å². The summed E-state index contributed by atoms with van der Waals surface area (Å²) in [5.41, 5.74) is 1.07. The summed E-state index contributed by atoms with van der Waals surface area (Å²) in [5.74, 6) is 0.419. The van der Waals surface area contributed by atoms with Crippen LogP contribution in [0.25, 0.3) is 0 Å². The van der Waals surface area contributed by atoms with E-state index in [2.05, 4.69) is 15.5 Å². The quantitative estimate of drug-likeness (QED) is 0.631. The summed E-state index contributed by atoms with van der Waals surface area (Å²) in [4.78, 5) is 26.3. The molecule has 1 aromatic carbocycles. The number of amides is 2. The van der Waals surface area contributed by atoms with Gasteiger partial charge in [-0.05, 0) is 11.3 Å². The van der Waals surface area contributed by atoms with Crippen LogP contribution in [0.2, 0.25) is 0 Å². The summed E-state index contributed by atoms with van der Waals surface area (Å²) in [7, 11) is 0. The maximum Gasteiger partial charge on any atom is 0.231 e. The van der Waals surface area contributed by atoms with Gasteiger partial charge in [-0.3, -0.25) is 9.59 Å². The van der Waals surface area contributed by atoms with Gasteiger partial charge in [-0.25, -0.2) is 0 Å². The second-order valence-corrected chi connectivity index (χ2v) is 7.94. The van der Waals surface area contributed by atoms with E-state index in [0.717, 1.165) is 15.7 Å². The highest BCUT2D eigenvalue weighted by Crippen LogP contribution is 2.27. The van der Waals surface area contributed by atoms with E-state index >= 15 is 0 Å². The summed E-state index contributed by atoms with van der Waals surface area (Å²) in [6.45, 7) is 3.02. The highest BCUT2D eigenvalue weighted by atomic mass is 32.2. The van der Waals surface area contributed by atoms with Crippen LogP contribution in [-0.4, -0.2) is 39.2 Å². The van der Waals surface area contributed by atoms with Crippen molar-refractivity contribution in [2.24, 2.45) is 5.92 Å². The molecule has 0 radical (unpaired) electrons. The summed E-state index contributed by atoms with van der Waals surface area (Å²) in [5, 5.41) is 11.3. The molecule has 2 amide bonds. The predicted octanol–water partition coefficient (Wildman–Crippen LogP) is 2.64. The van der Waals surface area contributed by atoms with E-state index in [1.165, 1.54) is 11.3 Å². The molecule has 0 bridgehead atoms. The lowest BCUT2D eigenvalue weighted by molar-refractivity contribution is -0.128. The number of anilines is 1. The van der Waals surface area contributed by atoms with E-state index in [9.17, 15) is 9.59 Å². The minimum Gasteiger partial charge on any atom is -0.338 e. The van der Waals surface area contributed by atoms with Gasteiger partial charge < -0.3 is 10.2 Å². The molecule has 1 N–H and O–H groups in total. The van der Waals surface area contributed by atoms with E-state index < -0.39 is 0 Å². The lowest BCUT2D eigenvalue weighted by Gasteiger charge is -2.16. The van der Waals surface area contributed by atoms with Crippen LogP contribution >= 0.6 is 23.1 Å². The van der Waals surface area contributed by atoms with E-state index in [0.29, 0.717) is 18.2 Å². The van der Waals surface area contributed by atoms with Gasteiger partial charge in [0.05, 0.1) is 5.92 Å². The van der Waals surface area contributed by atoms with Crippen LogP contribution < -0.4 is 5.32 Å². The highest BCUT2D eigenvalue weighted by Gasteiger charge is 2.34. The molecule has 126 valence electrons. The van der Waals surface area contributed by atoms with Gasteiger partial charge in [-0.2, -0.15) is 0 Å². The van der Waals surface area contributed by atoms with Gasteiger partial charge in [0.15, 0.2) is 4.34 Å². The third-order valence-electron chi connectivity index (χ3n) is 3.71. The van der Waals surface area contributed by atoms with Crippen LogP contribution in [0.5, 0.6) is 0 Å². The molecule has 0 aliphatic carbocycles. The Morgan fingerprint density at radius 3 is 2.92 bits per heavy atom. The van der Waals surface area contributed by atoms with Crippen molar-refractivity contribution in [3.05, 3.63) is 35.9 Å². The van der Waals surface area contributed by atoms with Gasteiger partial charge in [0.2, 0.25) is 16.9 Å². The first kappa shape index (κ1) is 16.9. The van der Waals surface area contributed by atoms with Gasteiger partial charge in [0, 0.05) is 19.5 Å². The number of nitrogens with one attached hydrogen (secondary N) is 1. The fourth-order valence-corrected chi connectivity index (χ4v) is 4.21. The predicted molar refractivity (Wildman–Crippen MR) is 94.9 cm³/mol. The van der Waals surface area contributed by atoms with Crippen molar-refractivity contribution >= 4 is 40.0 Å². The van der Waals surface area contributed by atoms with Crippen molar-refractivity contribution in [2.45, 2.75) is 24.2 Å². The molecule has 2 heterocycles. The first-order chi connectivity index (χ1) is 11.7. The van der Waals surface area contributed by atoms with Gasteiger partial charge in [0.25, 0.3) is 0 Å². The number of carbonyl (C=O) groups is 2. The molecular formula is C16H18N4O2S2. The molecule has 8 heteroatoms. The number of hydrogen-bond acceptors (Lipinski definition) is 6. The maximum atomic E-state index is 12.4. The third kappa shape index (κ3) is 4.12. The van der Waals surface area contributed by atoms with Gasteiger partial charge in [0.1, 0.15) is 0 Å². The van der Waals surface area contributed by atoms with Crippen LogP contribution in [0, 0.1) is 5.92 Å². The zero-order chi connectivity index (χ0) is 16.9. The minimum absolute atomic E-state index is 0.0125. The van der Waals surface area contributed by atoms with Gasteiger partial charge in [-0.1, -0.05) is 60.4 Å². The molecular weight excluding hydrogens is 344 g/mol. The molecule has 24 heavy (non-hydrogen) atoms. The Kier molecular flexibility index (Phi) is 5.47. The fraction of sp³-hybridized carbons (Fsp3) is 0.375. The third-order valence-corrected chi connectivity index (χ3v) is 5.56. The van der Waals surface area contributed by atoms with E-state index in [1.807, 2.05) is 37.3 Å². The Balaban J connectivity index is 1.57. The maximum absolute atomic E-state index is 12.4. The number of rotatable bonds is 6. The molecule has 0 spiro atoms. The van der Waals surface area contributed by atoms with Crippen molar-refractivity contribution in [1.82, 2.24) is 15.1 Å². The Hall–Kier alpha value is -1.93. The van der Waals surface area contributed by atoms with Crippen LogP contribution in [0.1, 0.15) is 18.9 Å². The SMILES string of the molecule is CCSc1nnc(NC(=O)[C@@H]2CC(=O)N(Cc3ccccc3)C2)s1. The highest BCUT2D eigenvalue weighted by molar-refractivity contribution is 8.01. The smallest absolute Gasteiger partial charge is 0.231 e. The number of aromatic nitrogens is 2. The Morgan fingerprint density at radius 2 is 2.17 bits per heavy atom. The number of hydrogen-bond donors (Lipinski definition) is 1. The first-order valence-electron chi connectivity index (χ1n) is 7.74. The Morgan fingerprint density at radius 1 is 1.38 bits per heavy atom. The largest absolute Gasteiger partial charge is 0.338 e. The number of carbonyl (C=O) groups excluding carboxylic acids is 2. The topological polar surface area (TPSA) is 75.2 Å². The first-order valence-corrected chi connectivity index (χ1v) is 9.54. The Bertz CT molecular complexity index is 720. The van der Waals surface area contributed by atoms with E-state index in [4.69, 9.17) is 0 Å². The molecule has 1 saturated heterocycles. The van der Waals surface area contributed by atoms with Crippen molar-refractivity contribution < 1.29 is 9.59 Å². The lowest BCUT2D eigenvalue weighted by atomic mass is 10.1. The summed E-state index contributed by atoms with van der Waals surface area (Å²) in [6, 6.07) is 9.80. The summed E-state index contributed by atoms with van der Waals surface area (Å²) in [6.07, 6.45) is 0.244. The normalized spacial score (nSPS) is 17.3. The monoisotopic (exact) mass is 362 g/mol. The fourth-order valence-electron chi connectivity index (χ4n) is 2.55. The molecule has 1 aromatic heterocycles. The number of benzene rings is 1. The van der Waals surface area contributed by atoms with E-state index in [-0.39, 0.29) is 24.2 Å². The van der Waals surface area contributed by atoms with Crippen molar-refractivity contribution in [3.8, 4) is 0 Å². The molecule has 1 fully saturated rings. The van der Waals surface area contributed by atoms with Crippen LogP contribution in [0.15, 0.2) is 34.7 Å². The Labute approximate surface area is 148 Å². The van der Waals surface area contributed by atoms with Crippen molar-refractivity contribution in [1.29, 1.82) is 0 Å². The average molecular weight is 362 g/mol. The van der Waals surface area contributed by atoms with E-state index in [1.54, 1.807) is 16.7 Å². The molecule has 2 aromatic rings. The molecule has 0 unspecified atom stereocenters. The van der Waals surface area contributed by atoms with Crippen LogP contribution in [0.4, 0.5) is 5.13 Å². The zero-order valence-electron chi connectivity index (χ0n) is 13.3. The molecule has 1 aliphatic heterocycles. The summed E-state index contributed by atoms with van der Waals surface area (Å²) >= 11 is 2.95. The van der Waals surface area contributed by atoms with Crippen LogP contribution in [0.3, 0.4) is 0 Å². The number of likely N-dealkylation sites (tertiary alicyclic amines) is 1. The van der Waals surface area contributed by atoms with Gasteiger partial charge >= 0.3 is 0 Å². The lowest BCUT2D eigenvalue weighted by Crippen LogP contribution is -2.28. The zero-order valence-corrected chi connectivity index (χ0v) is 14.9. The second-order valence-electron chi connectivity index (χ2n) is 5.46. The van der Waals surface area contributed by atoms with Crippen molar-refractivity contribution in [3.63, 3.8) is 0 Å². The molecule has 3 rings (SSSR count). The molecule has 0 saturated carbocycles. The molecule has 1 atom stereocenters. The standard InChI is InChI=1S/C16H18N4O2S2/c1-2-23-16-19-18-15(24-16)17-14(22)12-8-13(21)20(10-12)9-11-6-4-3-5-7-11/h3-7,12H,2,8-10H2,1H3,(H,17,18,22)/t12-/m1/s1. The summed E-state index contributed by atoms with van der Waals surface area (Å²) < 4.78 is 0.834.